The normalized spacial score (nSPS) is 11.7. The van der Waals surface area contributed by atoms with E-state index in [0.29, 0.717) is 5.82 Å². The highest BCUT2D eigenvalue weighted by atomic mass is 16.3. The Morgan fingerprint density at radius 3 is 2.80 bits per heavy atom. The number of fused-ring (bicyclic) bond motifs is 2. The van der Waals surface area contributed by atoms with Crippen LogP contribution in [-0.2, 0) is 7.05 Å². The molecule has 9 heteroatoms. The summed E-state index contributed by atoms with van der Waals surface area (Å²) in [5.41, 5.74) is 6.80. The fourth-order valence-electron chi connectivity index (χ4n) is 3.65. The number of hydrogen-bond donors (Lipinski definition) is 2. The van der Waals surface area contributed by atoms with Gasteiger partial charge in [0.25, 0.3) is 0 Å². The molecule has 146 valence electrons. The van der Waals surface area contributed by atoms with Crippen molar-refractivity contribution in [2.75, 3.05) is 0 Å². The van der Waals surface area contributed by atoms with Crippen LogP contribution in [0.2, 0.25) is 0 Å². The van der Waals surface area contributed by atoms with Gasteiger partial charge in [0.05, 0.1) is 53.5 Å². The summed E-state index contributed by atoms with van der Waals surface area (Å²) in [5, 5.41) is 8.47. The fraction of sp³-hybridized carbons (Fsp3) is 0.0952. The zero-order valence-corrected chi connectivity index (χ0v) is 16.2. The first-order valence-electron chi connectivity index (χ1n) is 9.38. The predicted molar refractivity (Wildman–Crippen MR) is 111 cm³/mol. The van der Waals surface area contributed by atoms with Crippen LogP contribution in [0.25, 0.3) is 56.0 Å². The van der Waals surface area contributed by atoms with Crippen LogP contribution in [0, 0.1) is 6.92 Å². The summed E-state index contributed by atoms with van der Waals surface area (Å²) in [7, 11) is 1.98. The Hall–Kier alpha value is -4.27. The minimum atomic E-state index is 0.660. The SMILES string of the molecule is Cc1ncc(-c2cc3c(-c4nc5c(-c6ccoc6)cncc5[nH]4)n[nH]c3cn2)n1C. The van der Waals surface area contributed by atoms with Crippen molar-refractivity contribution in [3.8, 4) is 34.0 Å². The Morgan fingerprint density at radius 1 is 1.07 bits per heavy atom. The Balaban J connectivity index is 1.53. The highest BCUT2D eigenvalue weighted by Gasteiger charge is 2.17. The van der Waals surface area contributed by atoms with Crippen molar-refractivity contribution in [3.63, 3.8) is 0 Å². The van der Waals surface area contributed by atoms with Gasteiger partial charge in [-0.05, 0) is 19.1 Å². The number of nitrogens with zero attached hydrogens (tertiary/aromatic N) is 6. The molecule has 0 aliphatic carbocycles. The average molecular weight is 396 g/mol. The van der Waals surface area contributed by atoms with Gasteiger partial charge in [0.15, 0.2) is 5.82 Å². The zero-order valence-electron chi connectivity index (χ0n) is 16.2. The van der Waals surface area contributed by atoms with Gasteiger partial charge in [-0.25, -0.2) is 9.97 Å². The van der Waals surface area contributed by atoms with E-state index in [1.54, 1.807) is 31.1 Å². The molecule has 0 unspecified atom stereocenters. The first kappa shape index (κ1) is 16.7. The molecule has 0 aromatic carbocycles. The molecule has 0 saturated heterocycles. The summed E-state index contributed by atoms with van der Waals surface area (Å²) in [5.74, 6) is 1.59. The lowest BCUT2D eigenvalue weighted by Crippen LogP contribution is -1.95. The number of furan rings is 1. The third-order valence-electron chi connectivity index (χ3n) is 5.38. The molecule has 0 spiro atoms. The molecule has 0 bridgehead atoms. The van der Waals surface area contributed by atoms with Gasteiger partial charge in [-0.2, -0.15) is 5.10 Å². The van der Waals surface area contributed by atoms with Gasteiger partial charge in [-0.15, -0.1) is 0 Å². The van der Waals surface area contributed by atoms with Gasteiger partial charge in [0.2, 0.25) is 0 Å². The second kappa shape index (κ2) is 6.11. The third kappa shape index (κ3) is 2.38. The maximum atomic E-state index is 5.22. The molecule has 0 atom stereocenters. The molecule has 6 aromatic heterocycles. The van der Waals surface area contributed by atoms with E-state index in [1.807, 2.05) is 36.9 Å². The molecule has 2 N–H and O–H groups in total. The van der Waals surface area contributed by atoms with E-state index in [-0.39, 0.29) is 0 Å². The highest BCUT2D eigenvalue weighted by Crippen LogP contribution is 2.32. The van der Waals surface area contributed by atoms with Gasteiger partial charge in [-0.3, -0.25) is 15.1 Å². The molecule has 0 radical (unpaired) electrons. The minimum absolute atomic E-state index is 0.660. The lowest BCUT2D eigenvalue weighted by atomic mass is 10.1. The number of nitrogens with one attached hydrogen (secondary N) is 2. The van der Waals surface area contributed by atoms with Gasteiger partial charge in [0.1, 0.15) is 17.0 Å². The predicted octanol–water partition coefficient (Wildman–Crippen LogP) is 3.87. The van der Waals surface area contributed by atoms with Gasteiger partial charge in [-0.1, -0.05) is 0 Å². The van der Waals surface area contributed by atoms with E-state index in [2.05, 4.69) is 30.1 Å². The molecular weight excluding hydrogens is 380 g/mol. The lowest BCUT2D eigenvalue weighted by Gasteiger charge is -2.03. The van der Waals surface area contributed by atoms with Crippen molar-refractivity contribution in [2.24, 2.45) is 7.05 Å². The number of H-pyrrole nitrogens is 2. The minimum Gasteiger partial charge on any atom is -0.472 e. The van der Waals surface area contributed by atoms with Gasteiger partial charge < -0.3 is 14.0 Å². The molecule has 0 aliphatic heterocycles. The van der Waals surface area contributed by atoms with Crippen molar-refractivity contribution in [2.45, 2.75) is 6.92 Å². The Bertz CT molecular complexity index is 1520. The van der Waals surface area contributed by atoms with Crippen molar-refractivity contribution in [1.82, 2.24) is 39.7 Å². The smallest absolute Gasteiger partial charge is 0.159 e. The monoisotopic (exact) mass is 396 g/mol. The van der Waals surface area contributed by atoms with Crippen LogP contribution in [0.4, 0.5) is 0 Å². The number of rotatable bonds is 3. The van der Waals surface area contributed by atoms with E-state index < -0.39 is 0 Å². The summed E-state index contributed by atoms with van der Waals surface area (Å²) in [6, 6.07) is 3.90. The first-order valence-corrected chi connectivity index (χ1v) is 9.38. The number of pyridine rings is 2. The van der Waals surface area contributed by atoms with Crippen molar-refractivity contribution < 1.29 is 4.42 Å². The Kier molecular flexibility index (Phi) is 3.40. The standard InChI is InChI=1S/C21H16N8O/c1-11-23-9-18(29(11)2)15-5-13-16(8-24-15)27-28-20(13)21-25-17-7-22-6-14(19(17)26-21)12-3-4-30-10-12/h3-10H,1-2H3,(H,25,26)(H,27,28). The number of aromatic nitrogens is 8. The largest absolute Gasteiger partial charge is 0.472 e. The van der Waals surface area contributed by atoms with E-state index >= 15 is 0 Å². The summed E-state index contributed by atoms with van der Waals surface area (Å²) in [4.78, 5) is 21.4. The van der Waals surface area contributed by atoms with E-state index in [0.717, 1.165) is 56.0 Å². The van der Waals surface area contributed by atoms with Crippen LogP contribution in [0.1, 0.15) is 5.82 Å². The maximum Gasteiger partial charge on any atom is 0.159 e. The Labute approximate surface area is 169 Å². The number of aryl methyl sites for hydroxylation is 1. The molecule has 0 aliphatic rings. The molecule has 0 amide bonds. The Morgan fingerprint density at radius 2 is 2.00 bits per heavy atom. The van der Waals surface area contributed by atoms with Crippen LogP contribution in [-0.4, -0.2) is 39.7 Å². The lowest BCUT2D eigenvalue weighted by molar-refractivity contribution is 0.568. The zero-order chi connectivity index (χ0) is 20.2. The van der Waals surface area contributed by atoms with Crippen LogP contribution in [0.3, 0.4) is 0 Å². The molecule has 9 nitrogen and oxygen atoms in total. The van der Waals surface area contributed by atoms with E-state index in [1.165, 1.54) is 0 Å². The summed E-state index contributed by atoms with van der Waals surface area (Å²) in [6.07, 6.45) is 10.5. The number of hydrogen-bond acceptors (Lipinski definition) is 6. The van der Waals surface area contributed by atoms with Gasteiger partial charge in [0, 0.05) is 29.8 Å². The molecule has 6 rings (SSSR count). The second-order valence-electron chi connectivity index (χ2n) is 7.12. The molecule has 30 heavy (non-hydrogen) atoms. The van der Waals surface area contributed by atoms with Crippen LogP contribution in [0.5, 0.6) is 0 Å². The molecule has 6 aromatic rings. The summed E-state index contributed by atoms with van der Waals surface area (Å²) < 4.78 is 7.24. The van der Waals surface area contributed by atoms with E-state index in [4.69, 9.17) is 9.40 Å². The topological polar surface area (TPSA) is 114 Å². The molecule has 0 saturated carbocycles. The number of imidazole rings is 2. The summed E-state index contributed by atoms with van der Waals surface area (Å²) in [6.45, 7) is 1.96. The van der Waals surface area contributed by atoms with Gasteiger partial charge >= 0.3 is 0 Å². The second-order valence-corrected chi connectivity index (χ2v) is 7.12. The average Bonchev–Trinajstić information content (AvgIpc) is 3.54. The maximum absolute atomic E-state index is 5.22. The van der Waals surface area contributed by atoms with Crippen molar-refractivity contribution in [3.05, 3.63) is 55.3 Å². The summed E-state index contributed by atoms with van der Waals surface area (Å²) >= 11 is 0. The van der Waals surface area contributed by atoms with Crippen LogP contribution < -0.4 is 0 Å². The first-order chi connectivity index (χ1) is 14.7. The van der Waals surface area contributed by atoms with E-state index in [9.17, 15) is 0 Å². The van der Waals surface area contributed by atoms with Crippen molar-refractivity contribution in [1.29, 1.82) is 0 Å². The fourth-order valence-corrected chi connectivity index (χ4v) is 3.65. The molecule has 6 heterocycles. The van der Waals surface area contributed by atoms with Crippen LogP contribution in [0.15, 0.2) is 53.9 Å². The van der Waals surface area contributed by atoms with Crippen molar-refractivity contribution >= 4 is 21.9 Å². The molecular formula is C21H16N8O. The third-order valence-corrected chi connectivity index (χ3v) is 5.38. The molecule has 0 fully saturated rings. The van der Waals surface area contributed by atoms with Crippen LogP contribution >= 0.6 is 0 Å². The quantitative estimate of drug-likeness (QED) is 0.469. The number of aromatic amines is 2. The highest BCUT2D eigenvalue weighted by molar-refractivity contribution is 5.97.